The molecule has 8 heteroatoms. The summed E-state index contributed by atoms with van der Waals surface area (Å²) in [4.78, 5) is 32.0. The normalized spacial score (nSPS) is 17.0. The van der Waals surface area contributed by atoms with Crippen molar-refractivity contribution in [1.29, 1.82) is 0 Å². The third kappa shape index (κ3) is 4.51. The van der Waals surface area contributed by atoms with Gasteiger partial charge >= 0.3 is 5.97 Å². The molecule has 0 bridgehead atoms. The molecule has 2 rings (SSSR count). The molecule has 1 aliphatic rings. The van der Waals surface area contributed by atoms with Crippen LogP contribution >= 0.6 is 23.1 Å². The molecular weight excluding hydrogens is 348 g/mol. The van der Waals surface area contributed by atoms with E-state index in [1.807, 2.05) is 19.9 Å². The zero-order valence-electron chi connectivity index (χ0n) is 14.1. The van der Waals surface area contributed by atoms with Gasteiger partial charge in [0.15, 0.2) is 0 Å². The summed E-state index contributed by atoms with van der Waals surface area (Å²) in [5.41, 5.74) is 0.857. The first-order valence-corrected chi connectivity index (χ1v) is 9.80. The summed E-state index contributed by atoms with van der Waals surface area (Å²) in [5.74, 6) is 0.124. The molecule has 6 nitrogen and oxygen atoms in total. The Labute approximate surface area is 150 Å². The molecule has 1 amide bonds. The van der Waals surface area contributed by atoms with E-state index in [-0.39, 0.29) is 25.0 Å². The predicted octanol–water partition coefficient (Wildman–Crippen LogP) is 3.29. The summed E-state index contributed by atoms with van der Waals surface area (Å²) >= 11 is 3.31. The topological polar surface area (TPSA) is 68.2 Å². The van der Waals surface area contributed by atoms with E-state index in [0.29, 0.717) is 6.61 Å². The third-order valence-corrected chi connectivity index (χ3v) is 5.93. The van der Waals surface area contributed by atoms with Crippen LogP contribution in [0, 0.1) is 0 Å². The minimum atomic E-state index is -0.481. The van der Waals surface area contributed by atoms with Gasteiger partial charge in [-0.15, -0.1) is 23.1 Å². The molecule has 2 heterocycles. The first-order chi connectivity index (χ1) is 11.6. The van der Waals surface area contributed by atoms with Crippen LogP contribution < -0.4 is 4.90 Å². The van der Waals surface area contributed by atoms with Gasteiger partial charge in [-0.05, 0) is 26.3 Å². The third-order valence-electron chi connectivity index (χ3n) is 3.45. The Hall–Kier alpha value is -1.54. The molecule has 0 aromatic carbocycles. The van der Waals surface area contributed by atoms with Crippen LogP contribution in [0.5, 0.6) is 0 Å². The second-order valence-electron chi connectivity index (χ2n) is 5.09. The lowest BCUT2D eigenvalue weighted by Crippen LogP contribution is -2.44. The maximum atomic E-state index is 12.6. The standard InChI is InChI=1S/C16H22N2O4S2/c1-4-11-10-23-16-13(7-12(24-16)9-17-22-6-3)18(11)14(19)8-15(20)21-5-2/h7,9,11H,4-6,8,10H2,1-3H3. The van der Waals surface area contributed by atoms with E-state index < -0.39 is 5.97 Å². The minimum Gasteiger partial charge on any atom is -0.466 e. The minimum absolute atomic E-state index is 0.0794. The number of amides is 1. The van der Waals surface area contributed by atoms with Crippen molar-refractivity contribution < 1.29 is 19.2 Å². The van der Waals surface area contributed by atoms with Gasteiger partial charge in [0.2, 0.25) is 5.91 Å². The van der Waals surface area contributed by atoms with Gasteiger partial charge in [-0.25, -0.2) is 0 Å². The second-order valence-corrected chi connectivity index (χ2v) is 7.46. The zero-order chi connectivity index (χ0) is 17.5. The number of hydrogen-bond acceptors (Lipinski definition) is 7. The van der Waals surface area contributed by atoms with E-state index >= 15 is 0 Å². The SMILES string of the molecule is CCON=Cc1cc2c(s1)SCC(CC)N2C(=O)CC(=O)OCC. The molecule has 1 atom stereocenters. The van der Waals surface area contributed by atoms with Crippen LogP contribution in [0.2, 0.25) is 0 Å². The number of carbonyl (C=O) groups excluding carboxylic acids is 2. The van der Waals surface area contributed by atoms with Gasteiger partial charge in [-0.2, -0.15) is 0 Å². The first kappa shape index (κ1) is 18.8. The zero-order valence-corrected chi connectivity index (χ0v) is 15.7. The Morgan fingerprint density at radius 1 is 1.38 bits per heavy atom. The van der Waals surface area contributed by atoms with Crippen molar-refractivity contribution in [3.63, 3.8) is 0 Å². The maximum absolute atomic E-state index is 12.6. The van der Waals surface area contributed by atoms with Crippen LogP contribution in [0.3, 0.4) is 0 Å². The van der Waals surface area contributed by atoms with Crippen LogP contribution in [0.25, 0.3) is 0 Å². The summed E-state index contributed by atoms with van der Waals surface area (Å²) in [5, 5.41) is 3.88. The van der Waals surface area contributed by atoms with Gasteiger partial charge in [-0.1, -0.05) is 12.1 Å². The average molecular weight is 370 g/mol. The number of esters is 1. The molecule has 0 fully saturated rings. The van der Waals surface area contributed by atoms with E-state index in [0.717, 1.165) is 26.9 Å². The summed E-state index contributed by atoms with van der Waals surface area (Å²) in [6.45, 7) is 6.44. The van der Waals surface area contributed by atoms with Crippen LogP contribution in [0.4, 0.5) is 5.69 Å². The molecule has 0 radical (unpaired) electrons. The van der Waals surface area contributed by atoms with Crippen LogP contribution in [0.1, 0.15) is 38.5 Å². The van der Waals surface area contributed by atoms with Crippen molar-refractivity contribution in [3.8, 4) is 0 Å². The lowest BCUT2D eigenvalue weighted by Gasteiger charge is -2.34. The Morgan fingerprint density at radius 2 is 2.17 bits per heavy atom. The smallest absolute Gasteiger partial charge is 0.315 e. The van der Waals surface area contributed by atoms with Gasteiger partial charge < -0.3 is 14.5 Å². The van der Waals surface area contributed by atoms with Crippen molar-refractivity contribution in [1.82, 2.24) is 0 Å². The Balaban J connectivity index is 2.22. The van der Waals surface area contributed by atoms with Crippen LogP contribution in [-0.2, 0) is 19.2 Å². The fourth-order valence-electron chi connectivity index (χ4n) is 2.38. The summed E-state index contributed by atoms with van der Waals surface area (Å²) in [6.07, 6.45) is 2.26. The molecule has 0 aliphatic carbocycles. The molecule has 1 unspecified atom stereocenters. The monoisotopic (exact) mass is 370 g/mol. The lowest BCUT2D eigenvalue weighted by molar-refractivity contribution is -0.145. The molecule has 1 aromatic heterocycles. The first-order valence-electron chi connectivity index (χ1n) is 8.00. The van der Waals surface area contributed by atoms with Gasteiger partial charge in [0.25, 0.3) is 0 Å². The molecule has 1 aliphatic heterocycles. The second kappa shape index (κ2) is 9.08. The summed E-state index contributed by atoms with van der Waals surface area (Å²) < 4.78 is 5.97. The van der Waals surface area contributed by atoms with E-state index in [9.17, 15) is 9.59 Å². The van der Waals surface area contributed by atoms with Gasteiger partial charge in [0.05, 0.1) is 27.6 Å². The molecule has 0 spiro atoms. The number of oxime groups is 1. The Bertz CT molecular complexity index is 615. The Morgan fingerprint density at radius 3 is 2.83 bits per heavy atom. The van der Waals surface area contributed by atoms with Gasteiger partial charge in [0, 0.05) is 11.8 Å². The van der Waals surface area contributed by atoms with E-state index in [1.165, 1.54) is 0 Å². The number of rotatable bonds is 7. The maximum Gasteiger partial charge on any atom is 0.315 e. The van der Waals surface area contributed by atoms with Gasteiger partial charge in [-0.3, -0.25) is 9.59 Å². The molecule has 0 saturated heterocycles. The molecule has 24 heavy (non-hydrogen) atoms. The highest BCUT2D eigenvalue weighted by Gasteiger charge is 2.33. The number of ether oxygens (including phenoxy) is 1. The molecule has 132 valence electrons. The number of thioether (sulfide) groups is 1. The number of thiophene rings is 1. The number of nitrogens with zero attached hydrogens (tertiary/aromatic N) is 2. The fourth-order valence-corrected chi connectivity index (χ4v) is 4.89. The number of fused-ring (bicyclic) bond motifs is 1. The van der Waals surface area contributed by atoms with Crippen LogP contribution in [-0.4, -0.2) is 43.1 Å². The highest BCUT2D eigenvalue weighted by Crippen LogP contribution is 2.44. The van der Waals surface area contributed by atoms with Crippen molar-refractivity contribution in [2.24, 2.45) is 5.16 Å². The van der Waals surface area contributed by atoms with Crippen molar-refractivity contribution in [2.75, 3.05) is 23.9 Å². The van der Waals surface area contributed by atoms with E-state index in [1.54, 1.807) is 41.1 Å². The predicted molar refractivity (Wildman–Crippen MR) is 97.1 cm³/mol. The highest BCUT2D eigenvalue weighted by atomic mass is 32.2. The van der Waals surface area contributed by atoms with Crippen molar-refractivity contribution >= 4 is 46.9 Å². The van der Waals surface area contributed by atoms with Crippen molar-refractivity contribution in [2.45, 2.75) is 43.9 Å². The highest BCUT2D eigenvalue weighted by molar-refractivity contribution is 8.01. The number of hydrogen-bond donors (Lipinski definition) is 0. The van der Waals surface area contributed by atoms with Gasteiger partial charge in [0.1, 0.15) is 13.0 Å². The molecule has 0 saturated carbocycles. The number of anilines is 1. The largest absolute Gasteiger partial charge is 0.466 e. The van der Waals surface area contributed by atoms with Crippen molar-refractivity contribution in [3.05, 3.63) is 10.9 Å². The van der Waals surface area contributed by atoms with E-state index in [4.69, 9.17) is 9.57 Å². The van der Waals surface area contributed by atoms with E-state index in [2.05, 4.69) is 5.16 Å². The lowest BCUT2D eigenvalue weighted by atomic mass is 10.1. The molecule has 1 aromatic rings. The molecule has 0 N–H and O–H groups in total. The average Bonchev–Trinajstić information content (AvgIpc) is 2.96. The molecular formula is C16H22N2O4S2. The summed E-state index contributed by atoms with van der Waals surface area (Å²) in [6, 6.07) is 2.01. The quantitative estimate of drug-likeness (QED) is 0.319. The fraction of sp³-hybridized carbons (Fsp3) is 0.562. The summed E-state index contributed by atoms with van der Waals surface area (Å²) in [7, 11) is 0. The Kier molecular flexibility index (Phi) is 7.11. The van der Waals surface area contributed by atoms with Crippen LogP contribution in [0.15, 0.2) is 15.4 Å². The number of carbonyl (C=O) groups is 2.